The van der Waals surface area contributed by atoms with Crippen molar-refractivity contribution in [3.05, 3.63) is 82.0 Å². The van der Waals surface area contributed by atoms with E-state index in [0.29, 0.717) is 22.7 Å². The van der Waals surface area contributed by atoms with Gasteiger partial charge in [0.15, 0.2) is 5.78 Å². The van der Waals surface area contributed by atoms with Crippen LogP contribution in [0.2, 0.25) is 5.02 Å². The summed E-state index contributed by atoms with van der Waals surface area (Å²) in [7, 11) is 0. The van der Waals surface area contributed by atoms with Crippen LogP contribution in [0.1, 0.15) is 45.0 Å². The normalized spacial score (nSPS) is 18.1. The maximum absolute atomic E-state index is 12.8. The number of rotatable bonds is 2. The molecular formula is C21H18ClNO2. The predicted molar refractivity (Wildman–Crippen MR) is 98.2 cm³/mol. The van der Waals surface area contributed by atoms with E-state index in [2.05, 4.69) is 17.0 Å². The highest BCUT2D eigenvalue weighted by atomic mass is 35.5. The molecule has 1 aliphatic carbocycles. The fourth-order valence-electron chi connectivity index (χ4n) is 3.72. The Kier molecular flexibility index (Phi) is 4.18. The van der Waals surface area contributed by atoms with Gasteiger partial charge in [0.25, 0.3) is 0 Å². The number of hydrogen-bond donors (Lipinski definition) is 0. The Bertz CT molecular complexity index is 862. The van der Waals surface area contributed by atoms with E-state index < -0.39 is 0 Å². The van der Waals surface area contributed by atoms with E-state index >= 15 is 0 Å². The highest BCUT2D eigenvalue weighted by molar-refractivity contribution is 6.30. The molecule has 126 valence electrons. The first-order valence-electron chi connectivity index (χ1n) is 8.53. The second kappa shape index (κ2) is 6.49. The highest BCUT2D eigenvalue weighted by Crippen LogP contribution is 2.32. The van der Waals surface area contributed by atoms with Crippen LogP contribution in [0.25, 0.3) is 0 Å². The minimum Gasteiger partial charge on any atom is -0.368 e. The lowest BCUT2D eigenvalue weighted by Crippen LogP contribution is -2.37. The molecule has 2 aromatic carbocycles. The lowest BCUT2D eigenvalue weighted by Gasteiger charge is -2.35. The van der Waals surface area contributed by atoms with Gasteiger partial charge < -0.3 is 4.90 Å². The van der Waals surface area contributed by atoms with E-state index in [4.69, 9.17) is 11.6 Å². The SMILES string of the molecule is O=C1C=C(N2CCC(c3ccc(Cl)cc3)CC2)C(=O)c2ccccc21. The van der Waals surface area contributed by atoms with Gasteiger partial charge in [-0.25, -0.2) is 0 Å². The molecule has 1 heterocycles. The molecule has 3 nitrogen and oxygen atoms in total. The van der Waals surface area contributed by atoms with Crippen LogP contribution in [0.15, 0.2) is 60.3 Å². The fraction of sp³-hybridized carbons (Fsp3) is 0.238. The van der Waals surface area contributed by atoms with Crippen molar-refractivity contribution in [2.45, 2.75) is 18.8 Å². The lowest BCUT2D eigenvalue weighted by molar-refractivity contribution is 0.0941. The summed E-state index contributed by atoms with van der Waals surface area (Å²) >= 11 is 5.96. The summed E-state index contributed by atoms with van der Waals surface area (Å²) in [6.07, 6.45) is 3.43. The van der Waals surface area contributed by atoms with Crippen molar-refractivity contribution in [3.63, 3.8) is 0 Å². The fourth-order valence-corrected chi connectivity index (χ4v) is 3.85. The molecule has 4 heteroatoms. The smallest absolute Gasteiger partial charge is 0.209 e. The number of allylic oxidation sites excluding steroid dienone is 2. The molecule has 0 N–H and O–H groups in total. The van der Waals surface area contributed by atoms with Gasteiger partial charge in [-0.3, -0.25) is 9.59 Å². The lowest BCUT2D eigenvalue weighted by atomic mass is 9.87. The van der Waals surface area contributed by atoms with Crippen molar-refractivity contribution >= 4 is 23.2 Å². The van der Waals surface area contributed by atoms with Crippen LogP contribution in [0.4, 0.5) is 0 Å². The van der Waals surface area contributed by atoms with Crippen molar-refractivity contribution in [3.8, 4) is 0 Å². The van der Waals surface area contributed by atoms with Crippen LogP contribution in [0.3, 0.4) is 0 Å². The van der Waals surface area contributed by atoms with Gasteiger partial charge >= 0.3 is 0 Å². The average Bonchev–Trinajstić information content (AvgIpc) is 2.66. The topological polar surface area (TPSA) is 37.4 Å². The van der Waals surface area contributed by atoms with E-state index in [1.165, 1.54) is 11.6 Å². The first kappa shape index (κ1) is 16.1. The third kappa shape index (κ3) is 3.00. The van der Waals surface area contributed by atoms with Gasteiger partial charge in [-0.05, 0) is 36.5 Å². The molecule has 0 amide bonds. The van der Waals surface area contributed by atoms with Crippen molar-refractivity contribution in [1.29, 1.82) is 0 Å². The minimum atomic E-state index is -0.0787. The van der Waals surface area contributed by atoms with Gasteiger partial charge in [-0.1, -0.05) is 48.0 Å². The van der Waals surface area contributed by atoms with E-state index in [0.717, 1.165) is 31.0 Å². The molecule has 1 aliphatic heterocycles. The number of likely N-dealkylation sites (tertiary alicyclic amines) is 1. The number of ketones is 2. The number of piperidine rings is 1. The molecule has 0 bridgehead atoms. The molecule has 2 aliphatic rings. The zero-order valence-corrected chi connectivity index (χ0v) is 14.5. The number of nitrogens with zero attached hydrogens (tertiary/aromatic N) is 1. The summed E-state index contributed by atoms with van der Waals surface area (Å²) < 4.78 is 0. The molecule has 0 aromatic heterocycles. The number of Topliss-reactive ketones (excluding diaryl/α,β-unsaturated/α-hetero) is 1. The molecule has 0 atom stereocenters. The average molecular weight is 352 g/mol. The second-order valence-electron chi connectivity index (χ2n) is 6.58. The Morgan fingerprint density at radius 1 is 0.880 bits per heavy atom. The van der Waals surface area contributed by atoms with Crippen LogP contribution in [-0.4, -0.2) is 29.6 Å². The van der Waals surface area contributed by atoms with Crippen molar-refractivity contribution < 1.29 is 9.59 Å². The Hall–Kier alpha value is -2.39. The van der Waals surface area contributed by atoms with Gasteiger partial charge in [0.2, 0.25) is 5.78 Å². The van der Waals surface area contributed by atoms with Crippen LogP contribution < -0.4 is 0 Å². The van der Waals surface area contributed by atoms with Crippen molar-refractivity contribution in [1.82, 2.24) is 4.90 Å². The second-order valence-corrected chi connectivity index (χ2v) is 7.02. The number of fused-ring (bicyclic) bond motifs is 1. The monoisotopic (exact) mass is 351 g/mol. The quantitative estimate of drug-likeness (QED) is 0.800. The van der Waals surface area contributed by atoms with Crippen LogP contribution in [0.5, 0.6) is 0 Å². The molecule has 1 fully saturated rings. The summed E-state index contributed by atoms with van der Waals surface area (Å²) in [5.41, 5.74) is 2.85. The standard InChI is InChI=1S/C21H18ClNO2/c22-16-7-5-14(6-8-16)15-9-11-23(12-10-15)19-13-20(24)17-3-1-2-4-18(17)21(19)25/h1-8,13,15H,9-12H2. The van der Waals surface area contributed by atoms with E-state index in [-0.39, 0.29) is 11.6 Å². The van der Waals surface area contributed by atoms with E-state index in [1.807, 2.05) is 12.1 Å². The summed E-state index contributed by atoms with van der Waals surface area (Å²) in [5, 5.41) is 0.747. The maximum Gasteiger partial charge on any atom is 0.209 e. The zero-order chi connectivity index (χ0) is 17.4. The number of carbonyl (C=O) groups excluding carboxylic acids is 2. The molecule has 0 unspecified atom stereocenters. The Labute approximate surface area is 151 Å². The predicted octanol–water partition coefficient (Wildman–Crippen LogP) is 4.48. The number of hydrogen-bond acceptors (Lipinski definition) is 3. The Balaban J connectivity index is 1.50. The molecule has 25 heavy (non-hydrogen) atoms. The molecule has 0 spiro atoms. The van der Waals surface area contributed by atoms with Crippen molar-refractivity contribution in [2.24, 2.45) is 0 Å². The van der Waals surface area contributed by atoms with E-state index in [1.54, 1.807) is 24.3 Å². The van der Waals surface area contributed by atoms with Crippen LogP contribution >= 0.6 is 11.6 Å². The van der Waals surface area contributed by atoms with Crippen LogP contribution in [0, 0.1) is 0 Å². The number of halogens is 1. The largest absolute Gasteiger partial charge is 0.368 e. The van der Waals surface area contributed by atoms with Gasteiger partial charge in [-0.15, -0.1) is 0 Å². The highest BCUT2D eigenvalue weighted by Gasteiger charge is 2.31. The van der Waals surface area contributed by atoms with E-state index in [9.17, 15) is 9.59 Å². The molecular weight excluding hydrogens is 334 g/mol. The van der Waals surface area contributed by atoms with Crippen LogP contribution in [-0.2, 0) is 0 Å². The Morgan fingerprint density at radius 2 is 1.52 bits per heavy atom. The third-order valence-electron chi connectivity index (χ3n) is 5.11. The molecule has 0 saturated carbocycles. The summed E-state index contributed by atoms with van der Waals surface area (Å²) in [5.74, 6) is 0.348. The van der Waals surface area contributed by atoms with Gasteiger partial charge in [0.1, 0.15) is 0 Å². The third-order valence-corrected chi connectivity index (χ3v) is 5.37. The molecule has 0 radical (unpaired) electrons. The van der Waals surface area contributed by atoms with Gasteiger partial charge in [0, 0.05) is 35.3 Å². The maximum atomic E-state index is 12.8. The van der Waals surface area contributed by atoms with Gasteiger partial charge in [0.05, 0.1) is 5.70 Å². The minimum absolute atomic E-state index is 0.0415. The molecule has 2 aromatic rings. The summed E-state index contributed by atoms with van der Waals surface area (Å²) in [4.78, 5) is 27.2. The first-order chi connectivity index (χ1) is 12.1. The Morgan fingerprint density at radius 3 is 2.20 bits per heavy atom. The molecule has 1 saturated heterocycles. The van der Waals surface area contributed by atoms with Gasteiger partial charge in [-0.2, -0.15) is 0 Å². The van der Waals surface area contributed by atoms with Crippen molar-refractivity contribution in [2.75, 3.05) is 13.1 Å². The number of carbonyl (C=O) groups is 2. The number of benzene rings is 2. The summed E-state index contributed by atoms with van der Waals surface area (Å²) in [6, 6.07) is 15.1. The first-order valence-corrected chi connectivity index (χ1v) is 8.91. The summed E-state index contributed by atoms with van der Waals surface area (Å²) in [6.45, 7) is 1.56. The zero-order valence-electron chi connectivity index (χ0n) is 13.7. The molecule has 4 rings (SSSR count).